The second-order valence-electron chi connectivity index (χ2n) is 8.41. The molecule has 6 nitrogen and oxygen atoms in total. The highest BCUT2D eigenvalue weighted by Crippen LogP contribution is 2.26. The Hall–Kier alpha value is -2.73. The Morgan fingerprint density at radius 3 is 2.77 bits per heavy atom. The second kappa shape index (κ2) is 9.39. The van der Waals surface area contributed by atoms with E-state index in [0.717, 1.165) is 48.5 Å². The Balaban J connectivity index is 1.38. The predicted octanol–water partition coefficient (Wildman–Crippen LogP) is 4.49. The number of carbonyl (C=O) groups excluding carboxylic acids is 1. The van der Waals surface area contributed by atoms with Gasteiger partial charge in [-0.25, -0.2) is 0 Å². The lowest BCUT2D eigenvalue weighted by atomic mass is 9.93. The van der Waals surface area contributed by atoms with Crippen LogP contribution in [0.1, 0.15) is 50.3 Å². The van der Waals surface area contributed by atoms with Crippen LogP contribution in [0.2, 0.25) is 0 Å². The number of ether oxygens (including phenoxy) is 1. The zero-order valence-electron chi connectivity index (χ0n) is 17.7. The fraction of sp³-hybridized carbons (Fsp3) is 0.458. The van der Waals surface area contributed by atoms with Crippen molar-refractivity contribution in [3.63, 3.8) is 0 Å². The summed E-state index contributed by atoms with van der Waals surface area (Å²) in [5.41, 5.74) is 2.88. The molecule has 1 aliphatic rings. The minimum absolute atomic E-state index is 0.198. The lowest BCUT2D eigenvalue weighted by Crippen LogP contribution is -2.31. The number of fused-ring (bicyclic) bond motifs is 1. The molecule has 2 aromatic heterocycles. The van der Waals surface area contributed by atoms with Crippen LogP contribution in [0.15, 0.2) is 42.6 Å². The molecule has 1 fully saturated rings. The van der Waals surface area contributed by atoms with Gasteiger partial charge in [0.15, 0.2) is 5.82 Å². The second-order valence-corrected chi connectivity index (χ2v) is 8.41. The number of nitrogens with one attached hydrogen (secondary N) is 2. The summed E-state index contributed by atoms with van der Waals surface area (Å²) in [5.74, 6) is 1.82. The predicted molar refractivity (Wildman–Crippen MR) is 119 cm³/mol. The number of anilines is 1. The first-order chi connectivity index (χ1) is 14.6. The molecular formula is C24H30N4O2. The Labute approximate surface area is 177 Å². The lowest BCUT2D eigenvalue weighted by Gasteiger charge is -2.28. The van der Waals surface area contributed by atoms with Gasteiger partial charge in [0, 0.05) is 44.0 Å². The average molecular weight is 407 g/mol. The highest BCUT2D eigenvalue weighted by Gasteiger charge is 2.22. The van der Waals surface area contributed by atoms with Crippen LogP contribution in [0.4, 0.5) is 5.82 Å². The normalized spacial score (nSPS) is 17.0. The molecule has 2 atom stereocenters. The van der Waals surface area contributed by atoms with Crippen molar-refractivity contribution in [1.82, 2.24) is 15.2 Å². The Bertz CT molecular complexity index is 979. The molecule has 1 unspecified atom stereocenters. The average Bonchev–Trinajstić information content (AvgIpc) is 3.16. The third kappa shape index (κ3) is 4.87. The van der Waals surface area contributed by atoms with Gasteiger partial charge in [-0.3, -0.25) is 14.9 Å². The molecule has 0 bridgehead atoms. The Morgan fingerprint density at radius 2 is 2.00 bits per heavy atom. The van der Waals surface area contributed by atoms with Gasteiger partial charge in [0.1, 0.15) is 5.78 Å². The van der Waals surface area contributed by atoms with Crippen LogP contribution in [-0.4, -0.2) is 40.2 Å². The summed E-state index contributed by atoms with van der Waals surface area (Å²) in [6.07, 6.45) is 4.82. The van der Waals surface area contributed by atoms with Crippen molar-refractivity contribution in [1.29, 1.82) is 0 Å². The van der Waals surface area contributed by atoms with Crippen molar-refractivity contribution in [2.75, 3.05) is 18.5 Å². The molecule has 0 amide bonds. The standard InChI is InChI=1S/C24H30N4O2/c1-16(18-6-4-3-5-7-18)12-21(29)13-20-14-23-22(15-25-20)24(28-27-23)26-17(2)19-8-10-30-11-9-19/h3-7,14-17,19H,8-13H2,1-2H3,(H2,26,27,28)/t16-,17?/m0/s1. The number of pyridine rings is 1. The van der Waals surface area contributed by atoms with Gasteiger partial charge in [-0.15, -0.1) is 0 Å². The van der Waals surface area contributed by atoms with Crippen molar-refractivity contribution in [2.45, 2.75) is 51.5 Å². The van der Waals surface area contributed by atoms with Crippen LogP contribution in [0.3, 0.4) is 0 Å². The van der Waals surface area contributed by atoms with Gasteiger partial charge in [0.2, 0.25) is 0 Å². The summed E-state index contributed by atoms with van der Waals surface area (Å²) in [7, 11) is 0. The van der Waals surface area contributed by atoms with Crippen LogP contribution in [-0.2, 0) is 16.0 Å². The van der Waals surface area contributed by atoms with E-state index in [4.69, 9.17) is 4.74 Å². The molecule has 0 spiro atoms. The number of rotatable bonds is 8. The van der Waals surface area contributed by atoms with E-state index in [1.165, 1.54) is 5.56 Å². The van der Waals surface area contributed by atoms with E-state index in [-0.39, 0.29) is 11.7 Å². The number of Topliss-reactive ketones (excluding diaryl/α,β-unsaturated/α-hetero) is 1. The first kappa shape index (κ1) is 20.5. The third-order valence-electron chi connectivity index (χ3n) is 6.12. The van der Waals surface area contributed by atoms with E-state index in [0.29, 0.717) is 24.8 Å². The van der Waals surface area contributed by atoms with Crippen molar-refractivity contribution in [3.05, 3.63) is 53.9 Å². The monoisotopic (exact) mass is 406 g/mol. The molecule has 158 valence electrons. The fourth-order valence-electron chi connectivity index (χ4n) is 4.23. The number of aromatic nitrogens is 3. The van der Waals surface area contributed by atoms with Gasteiger partial charge >= 0.3 is 0 Å². The van der Waals surface area contributed by atoms with Crippen molar-refractivity contribution in [2.24, 2.45) is 5.92 Å². The molecule has 3 aromatic rings. The maximum atomic E-state index is 12.6. The zero-order valence-corrected chi connectivity index (χ0v) is 17.7. The van der Waals surface area contributed by atoms with Crippen LogP contribution in [0.5, 0.6) is 0 Å². The molecule has 0 aliphatic carbocycles. The number of hydrogen-bond acceptors (Lipinski definition) is 5. The van der Waals surface area contributed by atoms with E-state index in [2.05, 4.69) is 46.5 Å². The summed E-state index contributed by atoms with van der Waals surface area (Å²) in [6, 6.07) is 12.4. The van der Waals surface area contributed by atoms with E-state index in [9.17, 15) is 4.79 Å². The van der Waals surface area contributed by atoms with Crippen LogP contribution in [0.25, 0.3) is 10.9 Å². The molecule has 0 radical (unpaired) electrons. The van der Waals surface area contributed by atoms with Crippen molar-refractivity contribution >= 4 is 22.5 Å². The third-order valence-corrected chi connectivity index (χ3v) is 6.12. The Kier molecular flexibility index (Phi) is 6.43. The summed E-state index contributed by atoms with van der Waals surface area (Å²) >= 11 is 0. The Morgan fingerprint density at radius 1 is 1.23 bits per heavy atom. The summed E-state index contributed by atoms with van der Waals surface area (Å²) in [4.78, 5) is 17.1. The molecule has 2 N–H and O–H groups in total. The van der Waals surface area contributed by atoms with Crippen molar-refractivity contribution < 1.29 is 9.53 Å². The summed E-state index contributed by atoms with van der Waals surface area (Å²) in [5, 5.41) is 12.0. The van der Waals surface area contributed by atoms with E-state index in [1.54, 1.807) is 0 Å². The first-order valence-electron chi connectivity index (χ1n) is 10.8. The van der Waals surface area contributed by atoms with Gasteiger partial charge in [-0.1, -0.05) is 37.3 Å². The molecule has 1 aliphatic heterocycles. The lowest BCUT2D eigenvalue weighted by molar-refractivity contribution is -0.118. The number of nitrogens with zero attached hydrogens (tertiary/aromatic N) is 2. The minimum atomic E-state index is 0.198. The molecule has 0 saturated carbocycles. The van der Waals surface area contributed by atoms with Gasteiger partial charge in [-0.2, -0.15) is 5.10 Å². The van der Waals surface area contributed by atoms with E-state index in [1.807, 2.05) is 30.5 Å². The number of benzene rings is 1. The quantitative estimate of drug-likeness (QED) is 0.576. The maximum Gasteiger partial charge on any atom is 0.157 e. The van der Waals surface area contributed by atoms with E-state index < -0.39 is 0 Å². The largest absolute Gasteiger partial charge is 0.381 e. The highest BCUT2D eigenvalue weighted by molar-refractivity contribution is 5.90. The van der Waals surface area contributed by atoms with Gasteiger partial charge in [0.25, 0.3) is 0 Å². The molecule has 1 aromatic carbocycles. The van der Waals surface area contributed by atoms with Crippen LogP contribution in [0, 0.1) is 5.92 Å². The summed E-state index contributed by atoms with van der Waals surface area (Å²) in [6.45, 7) is 5.96. The topological polar surface area (TPSA) is 79.9 Å². The number of aromatic amines is 1. The fourth-order valence-corrected chi connectivity index (χ4v) is 4.23. The molecular weight excluding hydrogens is 376 g/mol. The van der Waals surface area contributed by atoms with Gasteiger partial charge in [-0.05, 0) is 43.2 Å². The molecule has 30 heavy (non-hydrogen) atoms. The van der Waals surface area contributed by atoms with Crippen LogP contribution >= 0.6 is 0 Å². The van der Waals surface area contributed by atoms with E-state index >= 15 is 0 Å². The van der Waals surface area contributed by atoms with Gasteiger partial charge < -0.3 is 10.1 Å². The van der Waals surface area contributed by atoms with Crippen molar-refractivity contribution in [3.8, 4) is 0 Å². The summed E-state index contributed by atoms with van der Waals surface area (Å²) < 4.78 is 5.46. The molecule has 3 heterocycles. The molecule has 1 saturated heterocycles. The number of carbonyl (C=O) groups is 1. The first-order valence-corrected chi connectivity index (χ1v) is 10.8. The maximum absolute atomic E-state index is 12.6. The minimum Gasteiger partial charge on any atom is -0.381 e. The van der Waals surface area contributed by atoms with Crippen LogP contribution < -0.4 is 5.32 Å². The number of ketones is 1. The molecule has 4 rings (SSSR count). The number of H-pyrrole nitrogens is 1. The number of hydrogen-bond donors (Lipinski definition) is 2. The SMILES string of the molecule is CC(Nc1n[nH]c2cc(CC(=O)C[C@H](C)c3ccccc3)ncc12)C1CCOCC1. The molecule has 6 heteroatoms. The smallest absolute Gasteiger partial charge is 0.157 e. The highest BCUT2D eigenvalue weighted by atomic mass is 16.5. The zero-order chi connectivity index (χ0) is 20.9. The van der Waals surface area contributed by atoms with Gasteiger partial charge in [0.05, 0.1) is 10.9 Å².